The van der Waals surface area contributed by atoms with Crippen molar-refractivity contribution in [2.45, 2.75) is 25.3 Å². The molecule has 1 unspecified atom stereocenters. The summed E-state index contributed by atoms with van der Waals surface area (Å²) in [5.74, 6) is 1.20. The Kier molecular flexibility index (Phi) is 3.30. The van der Waals surface area contributed by atoms with Crippen molar-refractivity contribution in [3.8, 4) is 11.5 Å². The summed E-state index contributed by atoms with van der Waals surface area (Å²) in [7, 11) is 0. The third-order valence-electron chi connectivity index (χ3n) is 3.12. The molecule has 0 aliphatic carbocycles. The maximum atomic E-state index is 5.95. The zero-order chi connectivity index (χ0) is 12.4. The molecule has 18 heavy (non-hydrogen) atoms. The first kappa shape index (κ1) is 11.7. The van der Waals surface area contributed by atoms with Gasteiger partial charge in [-0.15, -0.1) is 10.2 Å². The van der Waals surface area contributed by atoms with E-state index in [1.807, 2.05) is 24.3 Å². The van der Waals surface area contributed by atoms with Crippen LogP contribution in [0, 0.1) is 0 Å². The SMILES string of the molecule is Clc1cccc(-c2nnc(C3CCCCN3)o2)c1. The van der Waals surface area contributed by atoms with Crippen molar-refractivity contribution in [1.29, 1.82) is 0 Å². The molecule has 94 valence electrons. The Morgan fingerprint density at radius 2 is 2.22 bits per heavy atom. The smallest absolute Gasteiger partial charge is 0.247 e. The molecule has 0 spiro atoms. The summed E-state index contributed by atoms with van der Waals surface area (Å²) in [6.07, 6.45) is 3.47. The minimum absolute atomic E-state index is 0.194. The number of hydrogen-bond acceptors (Lipinski definition) is 4. The lowest BCUT2D eigenvalue weighted by molar-refractivity contribution is 0.342. The summed E-state index contributed by atoms with van der Waals surface area (Å²) in [4.78, 5) is 0. The maximum Gasteiger partial charge on any atom is 0.247 e. The van der Waals surface area contributed by atoms with Crippen molar-refractivity contribution in [3.63, 3.8) is 0 Å². The van der Waals surface area contributed by atoms with Crippen LogP contribution in [-0.2, 0) is 0 Å². The van der Waals surface area contributed by atoms with Crippen LogP contribution in [0.4, 0.5) is 0 Å². The van der Waals surface area contributed by atoms with Crippen LogP contribution in [-0.4, -0.2) is 16.7 Å². The van der Waals surface area contributed by atoms with Crippen LogP contribution in [0.5, 0.6) is 0 Å². The lowest BCUT2D eigenvalue weighted by Gasteiger charge is -2.19. The molecule has 0 amide bonds. The Morgan fingerprint density at radius 3 is 3.00 bits per heavy atom. The molecule has 0 saturated carbocycles. The van der Waals surface area contributed by atoms with Crippen molar-refractivity contribution in [3.05, 3.63) is 35.2 Å². The highest BCUT2D eigenvalue weighted by Crippen LogP contribution is 2.26. The molecule has 4 nitrogen and oxygen atoms in total. The lowest BCUT2D eigenvalue weighted by atomic mass is 10.1. The van der Waals surface area contributed by atoms with E-state index in [0.29, 0.717) is 16.8 Å². The van der Waals surface area contributed by atoms with Gasteiger partial charge < -0.3 is 9.73 Å². The molecule has 1 atom stereocenters. The van der Waals surface area contributed by atoms with Crippen LogP contribution < -0.4 is 5.32 Å². The van der Waals surface area contributed by atoms with E-state index in [-0.39, 0.29) is 6.04 Å². The lowest BCUT2D eigenvalue weighted by Crippen LogP contribution is -2.26. The van der Waals surface area contributed by atoms with Gasteiger partial charge in [0.15, 0.2) is 0 Å². The topological polar surface area (TPSA) is 51.0 Å². The maximum absolute atomic E-state index is 5.95. The van der Waals surface area contributed by atoms with Gasteiger partial charge >= 0.3 is 0 Å². The number of nitrogens with one attached hydrogen (secondary N) is 1. The second kappa shape index (κ2) is 5.08. The normalized spacial score (nSPS) is 19.9. The van der Waals surface area contributed by atoms with E-state index in [4.69, 9.17) is 16.0 Å². The highest BCUT2D eigenvalue weighted by molar-refractivity contribution is 6.30. The average Bonchev–Trinajstić information content (AvgIpc) is 2.89. The van der Waals surface area contributed by atoms with Crippen molar-refractivity contribution in [1.82, 2.24) is 15.5 Å². The molecular weight excluding hydrogens is 250 g/mol. The summed E-state index contributed by atoms with van der Waals surface area (Å²) in [6.45, 7) is 1.01. The molecule has 5 heteroatoms. The van der Waals surface area contributed by atoms with E-state index in [2.05, 4.69) is 15.5 Å². The van der Waals surface area contributed by atoms with Crippen LogP contribution >= 0.6 is 11.6 Å². The van der Waals surface area contributed by atoms with Gasteiger partial charge in [0.1, 0.15) is 0 Å². The van der Waals surface area contributed by atoms with Gasteiger partial charge in [-0.25, -0.2) is 0 Å². The summed E-state index contributed by atoms with van der Waals surface area (Å²) in [5.41, 5.74) is 0.858. The fourth-order valence-corrected chi connectivity index (χ4v) is 2.37. The van der Waals surface area contributed by atoms with Gasteiger partial charge in [-0.3, -0.25) is 0 Å². The Labute approximate surface area is 110 Å². The number of nitrogens with zero attached hydrogens (tertiary/aromatic N) is 2. The van der Waals surface area contributed by atoms with Crippen molar-refractivity contribution < 1.29 is 4.42 Å². The molecule has 1 aromatic carbocycles. The predicted molar refractivity (Wildman–Crippen MR) is 69.3 cm³/mol. The third-order valence-corrected chi connectivity index (χ3v) is 3.36. The van der Waals surface area contributed by atoms with E-state index in [1.54, 1.807) is 0 Å². The van der Waals surface area contributed by atoms with E-state index >= 15 is 0 Å². The fourth-order valence-electron chi connectivity index (χ4n) is 2.18. The van der Waals surface area contributed by atoms with E-state index in [0.717, 1.165) is 18.5 Å². The first-order valence-corrected chi connectivity index (χ1v) is 6.53. The Bertz CT molecular complexity index is 535. The van der Waals surface area contributed by atoms with E-state index < -0.39 is 0 Å². The molecular formula is C13H14ClN3O. The Morgan fingerprint density at radius 1 is 1.28 bits per heavy atom. The Balaban J connectivity index is 1.84. The van der Waals surface area contributed by atoms with E-state index in [1.165, 1.54) is 12.8 Å². The van der Waals surface area contributed by atoms with E-state index in [9.17, 15) is 0 Å². The van der Waals surface area contributed by atoms with Gasteiger partial charge in [-0.2, -0.15) is 0 Å². The quantitative estimate of drug-likeness (QED) is 0.904. The molecule has 0 radical (unpaired) electrons. The first-order valence-electron chi connectivity index (χ1n) is 6.15. The van der Waals surface area contributed by atoms with Gasteiger partial charge in [0.25, 0.3) is 0 Å². The minimum atomic E-state index is 0.194. The Hall–Kier alpha value is -1.39. The van der Waals surface area contributed by atoms with Crippen LogP contribution in [0.3, 0.4) is 0 Å². The number of rotatable bonds is 2. The predicted octanol–water partition coefficient (Wildman–Crippen LogP) is 3.20. The van der Waals surface area contributed by atoms with Gasteiger partial charge in [-0.05, 0) is 37.6 Å². The first-order chi connectivity index (χ1) is 8.83. The van der Waals surface area contributed by atoms with Crippen LogP contribution in [0.1, 0.15) is 31.2 Å². The number of aromatic nitrogens is 2. The molecule has 3 rings (SSSR count). The molecule has 1 saturated heterocycles. The largest absolute Gasteiger partial charge is 0.419 e. The zero-order valence-corrected chi connectivity index (χ0v) is 10.7. The molecule has 1 fully saturated rings. The highest BCUT2D eigenvalue weighted by atomic mass is 35.5. The van der Waals surface area contributed by atoms with Gasteiger partial charge in [0.2, 0.25) is 11.8 Å². The molecule has 1 aliphatic heterocycles. The summed E-state index contributed by atoms with van der Waals surface area (Å²) in [5, 5.41) is 12.3. The average molecular weight is 264 g/mol. The molecule has 1 aliphatic rings. The van der Waals surface area contributed by atoms with Crippen LogP contribution in [0.15, 0.2) is 28.7 Å². The number of benzene rings is 1. The molecule has 2 aromatic rings. The van der Waals surface area contributed by atoms with Crippen molar-refractivity contribution >= 4 is 11.6 Å². The zero-order valence-electron chi connectivity index (χ0n) is 9.90. The molecule has 1 aromatic heterocycles. The molecule has 0 bridgehead atoms. The second-order valence-corrected chi connectivity index (χ2v) is 4.89. The highest BCUT2D eigenvalue weighted by Gasteiger charge is 2.21. The standard InChI is InChI=1S/C13H14ClN3O/c14-10-5-3-4-9(8-10)12-16-17-13(18-12)11-6-1-2-7-15-11/h3-5,8,11,15H,1-2,6-7H2. The molecule has 2 heterocycles. The van der Waals surface area contributed by atoms with Gasteiger partial charge in [-0.1, -0.05) is 24.1 Å². The number of halogens is 1. The van der Waals surface area contributed by atoms with Crippen LogP contribution in [0.25, 0.3) is 11.5 Å². The monoisotopic (exact) mass is 263 g/mol. The van der Waals surface area contributed by atoms with Gasteiger partial charge in [0, 0.05) is 10.6 Å². The van der Waals surface area contributed by atoms with Crippen molar-refractivity contribution in [2.75, 3.05) is 6.54 Å². The fraction of sp³-hybridized carbons (Fsp3) is 0.385. The number of hydrogen-bond donors (Lipinski definition) is 1. The molecule has 1 N–H and O–H groups in total. The second-order valence-electron chi connectivity index (χ2n) is 4.46. The third kappa shape index (κ3) is 2.40. The van der Waals surface area contributed by atoms with Crippen molar-refractivity contribution in [2.24, 2.45) is 0 Å². The number of piperidine rings is 1. The summed E-state index contributed by atoms with van der Waals surface area (Å²) < 4.78 is 5.72. The van der Waals surface area contributed by atoms with Crippen LogP contribution in [0.2, 0.25) is 5.02 Å². The van der Waals surface area contributed by atoms with Gasteiger partial charge in [0.05, 0.1) is 6.04 Å². The summed E-state index contributed by atoms with van der Waals surface area (Å²) >= 11 is 5.95. The minimum Gasteiger partial charge on any atom is -0.419 e. The summed E-state index contributed by atoms with van der Waals surface area (Å²) in [6, 6.07) is 7.63.